The number of rotatable bonds is 6. The zero-order chi connectivity index (χ0) is 15.9. The Morgan fingerprint density at radius 2 is 2.05 bits per heavy atom. The second kappa shape index (κ2) is 7.42. The third kappa shape index (κ3) is 4.20. The van der Waals surface area contributed by atoms with Crippen LogP contribution in [-0.4, -0.2) is 25.4 Å². The normalized spacial score (nSPS) is 11.7. The molecule has 0 saturated heterocycles. The Hall–Kier alpha value is -2.60. The van der Waals surface area contributed by atoms with Gasteiger partial charge in [-0.3, -0.25) is 14.9 Å². The summed E-state index contributed by atoms with van der Waals surface area (Å²) in [5.41, 5.74) is 1.08. The molecule has 3 N–H and O–H groups in total. The third-order valence-corrected chi connectivity index (χ3v) is 3.17. The topological polar surface area (TPSA) is 83.4 Å². The molecule has 6 nitrogen and oxygen atoms in total. The van der Waals surface area contributed by atoms with Gasteiger partial charge in [0, 0.05) is 18.3 Å². The van der Waals surface area contributed by atoms with Crippen LogP contribution in [0.15, 0.2) is 47.1 Å². The number of furan rings is 1. The van der Waals surface area contributed by atoms with Crippen molar-refractivity contribution in [1.29, 1.82) is 0 Å². The molecule has 0 saturated carbocycles. The van der Waals surface area contributed by atoms with Crippen LogP contribution in [0.3, 0.4) is 0 Å². The van der Waals surface area contributed by atoms with Gasteiger partial charge in [-0.2, -0.15) is 0 Å². The van der Waals surface area contributed by atoms with E-state index in [-0.39, 0.29) is 24.4 Å². The molecule has 0 unspecified atom stereocenters. The number of nitrogens with one attached hydrogen (secondary N) is 3. The molecule has 0 radical (unpaired) electrons. The lowest BCUT2D eigenvalue weighted by Crippen LogP contribution is -2.30. The lowest BCUT2D eigenvalue weighted by molar-refractivity contribution is -0.115. The molecule has 1 aromatic carbocycles. The van der Waals surface area contributed by atoms with Crippen LogP contribution in [0, 0.1) is 0 Å². The standard InChI is InChI=1S/C16H19N3O3/c1-11(14-7-4-8-22-14)18-10-15(20)19-13-6-3-5-12(9-13)16(21)17-2/h3-9,11,18H,10H2,1-2H3,(H,17,21)(H,19,20)/t11-/m0/s1. The molecule has 1 heterocycles. The Balaban J connectivity index is 1.88. The van der Waals surface area contributed by atoms with Gasteiger partial charge in [0.2, 0.25) is 5.91 Å². The van der Waals surface area contributed by atoms with Gasteiger partial charge in [-0.1, -0.05) is 6.07 Å². The minimum atomic E-state index is -0.194. The average Bonchev–Trinajstić information content (AvgIpc) is 3.06. The highest BCUT2D eigenvalue weighted by molar-refractivity contribution is 5.97. The highest BCUT2D eigenvalue weighted by Gasteiger charge is 2.10. The molecule has 116 valence electrons. The van der Waals surface area contributed by atoms with E-state index < -0.39 is 0 Å². The summed E-state index contributed by atoms with van der Waals surface area (Å²) in [4.78, 5) is 23.5. The van der Waals surface area contributed by atoms with Crippen LogP contribution in [-0.2, 0) is 4.79 Å². The van der Waals surface area contributed by atoms with Crippen molar-refractivity contribution < 1.29 is 14.0 Å². The first-order chi connectivity index (χ1) is 10.6. The van der Waals surface area contributed by atoms with E-state index in [1.165, 1.54) is 0 Å². The van der Waals surface area contributed by atoms with Crippen molar-refractivity contribution in [3.05, 3.63) is 54.0 Å². The number of anilines is 1. The van der Waals surface area contributed by atoms with Crippen LogP contribution in [0.5, 0.6) is 0 Å². The smallest absolute Gasteiger partial charge is 0.251 e. The molecule has 0 spiro atoms. The summed E-state index contributed by atoms with van der Waals surface area (Å²) in [5.74, 6) is 0.391. The average molecular weight is 301 g/mol. The summed E-state index contributed by atoms with van der Waals surface area (Å²) < 4.78 is 5.26. The van der Waals surface area contributed by atoms with Crippen molar-refractivity contribution in [2.45, 2.75) is 13.0 Å². The molecule has 2 rings (SSSR count). The minimum Gasteiger partial charge on any atom is -0.468 e. The zero-order valence-electron chi connectivity index (χ0n) is 12.6. The van der Waals surface area contributed by atoms with Crippen LogP contribution in [0.1, 0.15) is 29.1 Å². The van der Waals surface area contributed by atoms with Crippen LogP contribution in [0.2, 0.25) is 0 Å². The van der Waals surface area contributed by atoms with E-state index in [1.807, 2.05) is 13.0 Å². The van der Waals surface area contributed by atoms with E-state index in [2.05, 4.69) is 16.0 Å². The molecule has 0 fully saturated rings. The van der Waals surface area contributed by atoms with Gasteiger partial charge in [0.1, 0.15) is 5.76 Å². The van der Waals surface area contributed by atoms with Gasteiger partial charge < -0.3 is 15.1 Å². The van der Waals surface area contributed by atoms with E-state index in [9.17, 15) is 9.59 Å². The maximum absolute atomic E-state index is 11.9. The fourth-order valence-electron chi connectivity index (χ4n) is 1.97. The predicted octanol–water partition coefficient (Wildman–Crippen LogP) is 1.93. The first kappa shape index (κ1) is 15.8. The number of amides is 2. The molecule has 22 heavy (non-hydrogen) atoms. The molecule has 0 aliphatic rings. The van der Waals surface area contributed by atoms with E-state index >= 15 is 0 Å². The highest BCUT2D eigenvalue weighted by atomic mass is 16.3. The number of carbonyl (C=O) groups excluding carboxylic acids is 2. The predicted molar refractivity (Wildman–Crippen MR) is 83.6 cm³/mol. The van der Waals surface area contributed by atoms with E-state index in [0.29, 0.717) is 11.3 Å². The molecule has 2 aromatic rings. The Bertz CT molecular complexity index is 638. The zero-order valence-corrected chi connectivity index (χ0v) is 12.6. The number of hydrogen-bond donors (Lipinski definition) is 3. The molecular formula is C16H19N3O3. The molecule has 0 bridgehead atoms. The van der Waals surface area contributed by atoms with Gasteiger partial charge in [-0.25, -0.2) is 0 Å². The SMILES string of the molecule is CNC(=O)c1cccc(NC(=O)CN[C@@H](C)c2ccco2)c1. The molecule has 0 aliphatic carbocycles. The van der Waals surface area contributed by atoms with Crippen molar-refractivity contribution in [3.63, 3.8) is 0 Å². The fraction of sp³-hybridized carbons (Fsp3) is 0.250. The van der Waals surface area contributed by atoms with Crippen LogP contribution in [0.25, 0.3) is 0 Å². The Kier molecular flexibility index (Phi) is 5.32. The second-order valence-corrected chi connectivity index (χ2v) is 4.83. The van der Waals surface area contributed by atoms with Gasteiger partial charge in [0.15, 0.2) is 0 Å². The van der Waals surface area contributed by atoms with Crippen LogP contribution in [0.4, 0.5) is 5.69 Å². The van der Waals surface area contributed by atoms with Gasteiger partial charge in [0.05, 0.1) is 18.8 Å². The Labute approximate surface area is 128 Å². The van der Waals surface area contributed by atoms with Crippen molar-refractivity contribution in [1.82, 2.24) is 10.6 Å². The maximum atomic E-state index is 11.9. The van der Waals surface area contributed by atoms with Crippen LogP contribution >= 0.6 is 0 Å². The molecule has 1 atom stereocenters. The van der Waals surface area contributed by atoms with Gasteiger partial charge >= 0.3 is 0 Å². The monoisotopic (exact) mass is 301 g/mol. The third-order valence-electron chi connectivity index (χ3n) is 3.17. The maximum Gasteiger partial charge on any atom is 0.251 e. The molecule has 1 aromatic heterocycles. The summed E-state index contributed by atoms with van der Waals surface area (Å²) >= 11 is 0. The van der Waals surface area contributed by atoms with Gasteiger partial charge in [-0.05, 0) is 37.3 Å². The van der Waals surface area contributed by atoms with E-state index in [1.54, 1.807) is 43.6 Å². The lowest BCUT2D eigenvalue weighted by Gasteiger charge is -2.11. The molecule has 2 amide bonds. The summed E-state index contributed by atoms with van der Waals surface area (Å²) in [6.07, 6.45) is 1.60. The first-order valence-corrected chi connectivity index (χ1v) is 6.99. The van der Waals surface area contributed by atoms with E-state index in [0.717, 1.165) is 5.76 Å². The largest absolute Gasteiger partial charge is 0.468 e. The summed E-state index contributed by atoms with van der Waals surface area (Å²) in [6, 6.07) is 10.4. The van der Waals surface area contributed by atoms with Crippen molar-refractivity contribution in [2.24, 2.45) is 0 Å². The lowest BCUT2D eigenvalue weighted by atomic mass is 10.2. The molecule has 0 aliphatic heterocycles. The Morgan fingerprint density at radius 1 is 1.23 bits per heavy atom. The van der Waals surface area contributed by atoms with E-state index in [4.69, 9.17) is 4.42 Å². The fourth-order valence-corrected chi connectivity index (χ4v) is 1.97. The molecule has 6 heteroatoms. The van der Waals surface area contributed by atoms with Crippen LogP contribution < -0.4 is 16.0 Å². The number of carbonyl (C=O) groups is 2. The number of hydrogen-bond acceptors (Lipinski definition) is 4. The Morgan fingerprint density at radius 3 is 2.73 bits per heavy atom. The first-order valence-electron chi connectivity index (χ1n) is 6.99. The number of benzene rings is 1. The van der Waals surface area contributed by atoms with Crippen molar-refractivity contribution in [3.8, 4) is 0 Å². The molecular weight excluding hydrogens is 282 g/mol. The highest BCUT2D eigenvalue weighted by Crippen LogP contribution is 2.12. The minimum absolute atomic E-state index is 0.0575. The summed E-state index contributed by atoms with van der Waals surface area (Å²) in [6.45, 7) is 2.06. The second-order valence-electron chi connectivity index (χ2n) is 4.83. The van der Waals surface area contributed by atoms with Crippen molar-refractivity contribution >= 4 is 17.5 Å². The quantitative estimate of drug-likeness (QED) is 0.761. The van der Waals surface area contributed by atoms with Gasteiger partial charge in [0.25, 0.3) is 5.91 Å². The summed E-state index contributed by atoms with van der Waals surface area (Å²) in [7, 11) is 1.56. The summed E-state index contributed by atoms with van der Waals surface area (Å²) in [5, 5.41) is 8.36. The van der Waals surface area contributed by atoms with Gasteiger partial charge in [-0.15, -0.1) is 0 Å². The van der Waals surface area contributed by atoms with Crippen molar-refractivity contribution in [2.75, 3.05) is 18.9 Å².